The second-order valence-corrected chi connectivity index (χ2v) is 7.96. The van der Waals surface area contributed by atoms with E-state index in [1.807, 2.05) is 0 Å². The molecule has 0 aromatic rings. The monoisotopic (exact) mass is 296 g/mol. The summed E-state index contributed by atoms with van der Waals surface area (Å²) in [5, 5.41) is 10.9. The molecule has 2 bridgehead atoms. The minimum absolute atomic E-state index is 0.161. The summed E-state index contributed by atoms with van der Waals surface area (Å²) < 4.78 is 0. The number of hydrogen-bond acceptors (Lipinski definition) is 3. The lowest BCUT2D eigenvalue weighted by atomic mass is 9.65. The third-order valence-electron chi connectivity index (χ3n) is 4.81. The van der Waals surface area contributed by atoms with Crippen molar-refractivity contribution in [3.8, 4) is 0 Å². The van der Waals surface area contributed by atoms with Gasteiger partial charge in [0.25, 0.3) is 0 Å². The van der Waals surface area contributed by atoms with E-state index in [2.05, 4.69) is 31.0 Å². The van der Waals surface area contributed by atoms with E-state index < -0.39 is 5.97 Å². The summed E-state index contributed by atoms with van der Waals surface area (Å²) in [6, 6.07) is 0.654. The number of carbonyl (C=O) groups excluding carboxylic acids is 1. The van der Waals surface area contributed by atoms with Gasteiger partial charge in [-0.2, -0.15) is 0 Å². The molecular weight excluding hydrogens is 268 g/mol. The van der Waals surface area contributed by atoms with Crippen LogP contribution in [-0.2, 0) is 9.59 Å². The largest absolute Gasteiger partial charge is 0.480 e. The van der Waals surface area contributed by atoms with E-state index in [0.29, 0.717) is 23.3 Å². The van der Waals surface area contributed by atoms with Crippen LogP contribution in [0.5, 0.6) is 0 Å². The molecule has 21 heavy (non-hydrogen) atoms. The van der Waals surface area contributed by atoms with Gasteiger partial charge in [0.1, 0.15) is 6.54 Å². The Labute approximate surface area is 127 Å². The van der Waals surface area contributed by atoms with Crippen LogP contribution < -0.4 is 5.32 Å². The molecule has 5 heteroatoms. The van der Waals surface area contributed by atoms with Crippen LogP contribution in [0.15, 0.2) is 0 Å². The SMILES string of the molecule is CC1(C)CC2CC(C)(CN2CCCC(=O)NCC(=O)O)C1. The topological polar surface area (TPSA) is 69.6 Å². The fourth-order valence-corrected chi connectivity index (χ4v) is 4.54. The highest BCUT2D eigenvalue weighted by Gasteiger charge is 2.49. The van der Waals surface area contributed by atoms with Gasteiger partial charge in [-0.25, -0.2) is 0 Å². The molecule has 0 aromatic carbocycles. The van der Waals surface area contributed by atoms with Gasteiger partial charge in [-0.3, -0.25) is 14.5 Å². The van der Waals surface area contributed by atoms with Crippen molar-refractivity contribution < 1.29 is 14.7 Å². The number of amides is 1. The van der Waals surface area contributed by atoms with Gasteiger partial charge in [-0.15, -0.1) is 0 Å². The van der Waals surface area contributed by atoms with Gasteiger partial charge < -0.3 is 10.4 Å². The molecule has 1 amide bonds. The van der Waals surface area contributed by atoms with E-state index in [1.165, 1.54) is 19.3 Å². The maximum Gasteiger partial charge on any atom is 0.322 e. The zero-order valence-electron chi connectivity index (χ0n) is 13.4. The van der Waals surface area contributed by atoms with Crippen molar-refractivity contribution in [2.75, 3.05) is 19.6 Å². The average molecular weight is 296 g/mol. The molecule has 2 unspecified atom stereocenters. The lowest BCUT2D eigenvalue weighted by Gasteiger charge is -2.40. The van der Waals surface area contributed by atoms with Crippen molar-refractivity contribution in [1.82, 2.24) is 10.2 Å². The van der Waals surface area contributed by atoms with Crippen molar-refractivity contribution in [2.45, 2.75) is 58.9 Å². The Morgan fingerprint density at radius 1 is 1.29 bits per heavy atom. The Hall–Kier alpha value is -1.10. The molecule has 1 saturated heterocycles. The summed E-state index contributed by atoms with van der Waals surface area (Å²) >= 11 is 0. The Morgan fingerprint density at radius 3 is 2.67 bits per heavy atom. The fraction of sp³-hybridized carbons (Fsp3) is 0.875. The van der Waals surface area contributed by atoms with E-state index in [-0.39, 0.29) is 12.5 Å². The number of rotatable bonds is 6. The molecule has 0 spiro atoms. The van der Waals surface area contributed by atoms with E-state index >= 15 is 0 Å². The van der Waals surface area contributed by atoms with Crippen LogP contribution in [0, 0.1) is 10.8 Å². The Morgan fingerprint density at radius 2 is 2.00 bits per heavy atom. The van der Waals surface area contributed by atoms with Crippen molar-refractivity contribution in [2.24, 2.45) is 10.8 Å². The summed E-state index contributed by atoms with van der Waals surface area (Å²) in [5.41, 5.74) is 0.850. The average Bonchev–Trinajstić information content (AvgIpc) is 2.55. The maximum atomic E-state index is 11.5. The molecule has 2 aliphatic rings. The number of hydrogen-bond donors (Lipinski definition) is 2. The van der Waals surface area contributed by atoms with Gasteiger partial charge in [-0.1, -0.05) is 20.8 Å². The number of aliphatic carboxylic acids is 1. The quantitative estimate of drug-likeness (QED) is 0.785. The molecule has 0 aromatic heterocycles. The Bertz CT molecular complexity index is 422. The third-order valence-corrected chi connectivity index (χ3v) is 4.81. The number of likely N-dealkylation sites (tertiary alicyclic amines) is 1. The normalized spacial score (nSPS) is 31.1. The molecule has 2 N–H and O–H groups in total. The summed E-state index contributed by atoms with van der Waals surface area (Å²) in [7, 11) is 0. The predicted octanol–water partition coefficient (Wildman–Crippen LogP) is 1.87. The zero-order chi connectivity index (χ0) is 15.7. The molecule has 1 aliphatic carbocycles. The Kier molecular flexibility index (Phi) is 4.61. The van der Waals surface area contributed by atoms with Crippen LogP contribution in [0.4, 0.5) is 0 Å². The highest BCUT2D eigenvalue weighted by Crippen LogP contribution is 2.52. The smallest absolute Gasteiger partial charge is 0.322 e. The molecule has 2 fully saturated rings. The van der Waals surface area contributed by atoms with Gasteiger partial charge >= 0.3 is 5.97 Å². The van der Waals surface area contributed by atoms with Gasteiger partial charge in [0.05, 0.1) is 0 Å². The second-order valence-electron chi connectivity index (χ2n) is 7.96. The number of carboxylic acids is 1. The van der Waals surface area contributed by atoms with Crippen LogP contribution in [0.2, 0.25) is 0 Å². The van der Waals surface area contributed by atoms with Crippen LogP contribution >= 0.6 is 0 Å². The first-order chi connectivity index (χ1) is 9.69. The van der Waals surface area contributed by atoms with Crippen molar-refractivity contribution >= 4 is 11.9 Å². The first-order valence-electron chi connectivity index (χ1n) is 7.92. The summed E-state index contributed by atoms with van der Waals surface area (Å²) in [6.45, 7) is 8.91. The van der Waals surface area contributed by atoms with Crippen molar-refractivity contribution in [3.63, 3.8) is 0 Å². The number of carboxylic acid groups (broad SMARTS) is 1. The molecule has 2 rings (SSSR count). The molecule has 5 nitrogen and oxygen atoms in total. The predicted molar refractivity (Wildman–Crippen MR) is 81.0 cm³/mol. The zero-order valence-corrected chi connectivity index (χ0v) is 13.4. The van der Waals surface area contributed by atoms with Crippen LogP contribution in [0.3, 0.4) is 0 Å². The molecule has 2 atom stereocenters. The molecule has 120 valence electrons. The van der Waals surface area contributed by atoms with E-state index in [0.717, 1.165) is 19.5 Å². The van der Waals surface area contributed by atoms with Crippen molar-refractivity contribution in [1.29, 1.82) is 0 Å². The summed E-state index contributed by atoms with van der Waals surface area (Å²) in [6.07, 6.45) is 5.02. The fourth-order valence-electron chi connectivity index (χ4n) is 4.54. The first kappa shape index (κ1) is 16.3. The second kappa shape index (κ2) is 5.95. The number of nitrogens with zero attached hydrogens (tertiary/aromatic N) is 1. The van der Waals surface area contributed by atoms with Gasteiger partial charge in [-0.05, 0) is 43.1 Å². The highest BCUT2D eigenvalue weighted by atomic mass is 16.4. The maximum absolute atomic E-state index is 11.5. The highest BCUT2D eigenvalue weighted by molar-refractivity contribution is 5.80. The number of carbonyl (C=O) groups is 2. The van der Waals surface area contributed by atoms with Crippen LogP contribution in [0.25, 0.3) is 0 Å². The molecule has 1 heterocycles. The Balaban J connectivity index is 1.75. The van der Waals surface area contributed by atoms with Gasteiger partial charge in [0.15, 0.2) is 0 Å². The lowest BCUT2D eigenvalue weighted by Crippen LogP contribution is -2.35. The third kappa shape index (κ3) is 4.43. The number of fused-ring (bicyclic) bond motifs is 2. The lowest BCUT2D eigenvalue weighted by molar-refractivity contribution is -0.137. The van der Waals surface area contributed by atoms with E-state index in [4.69, 9.17) is 5.11 Å². The van der Waals surface area contributed by atoms with Crippen molar-refractivity contribution in [3.05, 3.63) is 0 Å². The first-order valence-corrected chi connectivity index (χ1v) is 7.92. The minimum atomic E-state index is -0.994. The molecule has 1 aliphatic heterocycles. The molecule has 0 radical (unpaired) electrons. The van der Waals surface area contributed by atoms with E-state index in [1.54, 1.807) is 0 Å². The van der Waals surface area contributed by atoms with Crippen LogP contribution in [-0.4, -0.2) is 47.6 Å². The van der Waals surface area contributed by atoms with Gasteiger partial charge in [0.2, 0.25) is 5.91 Å². The van der Waals surface area contributed by atoms with Crippen LogP contribution in [0.1, 0.15) is 52.9 Å². The molecular formula is C16H28N2O3. The molecule has 1 saturated carbocycles. The number of nitrogens with one attached hydrogen (secondary N) is 1. The minimum Gasteiger partial charge on any atom is -0.480 e. The standard InChI is InChI=1S/C16H28N2O3/c1-15(2)7-12-8-16(3,10-15)11-18(12)6-4-5-13(19)17-9-14(20)21/h12H,4-11H2,1-3H3,(H,17,19)(H,20,21). The summed E-state index contributed by atoms with van der Waals surface area (Å²) in [4.78, 5) is 24.4. The van der Waals surface area contributed by atoms with Gasteiger partial charge in [0, 0.05) is 19.0 Å². The summed E-state index contributed by atoms with van der Waals surface area (Å²) in [5.74, 6) is -1.15. The van der Waals surface area contributed by atoms with E-state index in [9.17, 15) is 9.59 Å².